The van der Waals surface area contributed by atoms with Crippen molar-refractivity contribution in [3.05, 3.63) is 76.0 Å². The first-order valence-corrected chi connectivity index (χ1v) is 9.36. The van der Waals surface area contributed by atoms with Crippen molar-refractivity contribution in [3.63, 3.8) is 0 Å². The number of fused-ring (bicyclic) bond motifs is 1. The van der Waals surface area contributed by atoms with E-state index in [1.54, 1.807) is 6.92 Å². The largest absolute Gasteiger partial charge is 0.468 e. The average Bonchev–Trinajstić information content (AvgIpc) is 2.93. The van der Waals surface area contributed by atoms with Gasteiger partial charge in [0.15, 0.2) is 5.92 Å². The maximum atomic E-state index is 12.2. The zero-order chi connectivity index (χ0) is 21.0. The molecule has 1 heterocycles. The standard InChI is InChI=1S/C22H21ClN2O4/c1-13(19(21(26)28-2)22(27)29-3)18-12-24-20(14-8-4-6-10-16(14)23)15-9-5-7-11-17(15)25-18/h4-11,19,25H,12H2,1-3H3. The van der Waals surface area contributed by atoms with Gasteiger partial charge in [-0.05, 0) is 24.6 Å². The molecule has 2 aromatic carbocycles. The molecule has 0 saturated heterocycles. The summed E-state index contributed by atoms with van der Waals surface area (Å²) in [7, 11) is 2.47. The molecule has 0 aromatic heterocycles. The van der Waals surface area contributed by atoms with E-state index in [4.69, 9.17) is 26.1 Å². The Labute approximate surface area is 174 Å². The smallest absolute Gasteiger partial charge is 0.324 e. The van der Waals surface area contributed by atoms with Crippen molar-refractivity contribution in [2.75, 3.05) is 26.1 Å². The molecule has 0 fully saturated rings. The van der Waals surface area contributed by atoms with Crippen LogP contribution in [0.1, 0.15) is 18.1 Å². The highest BCUT2D eigenvalue weighted by atomic mass is 35.5. The molecule has 0 bridgehead atoms. The molecular formula is C22H21ClN2O4. The lowest BCUT2D eigenvalue weighted by Gasteiger charge is -2.18. The highest BCUT2D eigenvalue weighted by Gasteiger charge is 2.33. The first kappa shape index (κ1) is 20.6. The van der Waals surface area contributed by atoms with Crippen LogP contribution < -0.4 is 5.32 Å². The van der Waals surface area contributed by atoms with Crippen LogP contribution in [0.2, 0.25) is 5.02 Å². The molecular weight excluding hydrogens is 392 g/mol. The lowest BCUT2D eigenvalue weighted by molar-refractivity contribution is -0.156. The number of hydrogen-bond donors (Lipinski definition) is 1. The number of carbonyl (C=O) groups excluding carboxylic acids is 2. The molecule has 3 rings (SSSR count). The molecule has 29 heavy (non-hydrogen) atoms. The lowest BCUT2D eigenvalue weighted by Crippen LogP contribution is -2.29. The fourth-order valence-electron chi connectivity index (χ4n) is 3.21. The third-order valence-electron chi connectivity index (χ3n) is 4.77. The van der Waals surface area contributed by atoms with Gasteiger partial charge in [0.2, 0.25) is 0 Å². The minimum atomic E-state index is -1.17. The summed E-state index contributed by atoms with van der Waals surface area (Å²) in [6, 6.07) is 15.1. The number of benzene rings is 2. The van der Waals surface area contributed by atoms with Crippen LogP contribution in [-0.4, -0.2) is 38.4 Å². The second-order valence-corrected chi connectivity index (χ2v) is 6.86. The van der Waals surface area contributed by atoms with Crippen LogP contribution >= 0.6 is 11.6 Å². The first-order valence-electron chi connectivity index (χ1n) is 8.99. The molecule has 1 N–H and O–H groups in total. The summed E-state index contributed by atoms with van der Waals surface area (Å²) in [5.74, 6) is -2.54. The van der Waals surface area contributed by atoms with Crippen LogP contribution in [0.15, 0.2) is 64.8 Å². The third-order valence-corrected chi connectivity index (χ3v) is 5.10. The molecule has 7 heteroatoms. The Balaban J connectivity index is 2.14. The van der Waals surface area contributed by atoms with Crippen LogP contribution in [0.25, 0.3) is 0 Å². The molecule has 0 aliphatic carbocycles. The number of nitrogens with zero attached hydrogens (tertiary/aromatic N) is 1. The van der Waals surface area contributed by atoms with Gasteiger partial charge < -0.3 is 14.8 Å². The number of methoxy groups -OCH3 is 2. The maximum absolute atomic E-state index is 12.2. The van der Waals surface area contributed by atoms with Crippen LogP contribution in [0, 0.1) is 5.92 Å². The average molecular weight is 413 g/mol. The van der Waals surface area contributed by atoms with E-state index < -0.39 is 17.9 Å². The van der Waals surface area contributed by atoms with Gasteiger partial charge >= 0.3 is 11.9 Å². The summed E-state index contributed by atoms with van der Waals surface area (Å²) < 4.78 is 9.60. The van der Waals surface area contributed by atoms with E-state index >= 15 is 0 Å². The van der Waals surface area contributed by atoms with Gasteiger partial charge in [-0.25, -0.2) is 0 Å². The van der Waals surface area contributed by atoms with E-state index in [2.05, 4.69) is 5.32 Å². The molecule has 0 amide bonds. The van der Waals surface area contributed by atoms with Crippen molar-refractivity contribution >= 4 is 34.9 Å². The van der Waals surface area contributed by atoms with Crippen molar-refractivity contribution in [2.45, 2.75) is 6.92 Å². The number of halogens is 1. The number of aliphatic imine (C=N–C) groups is 1. The van der Waals surface area contributed by atoms with Gasteiger partial charge in [0.25, 0.3) is 0 Å². The van der Waals surface area contributed by atoms with Gasteiger partial charge in [-0.1, -0.05) is 48.0 Å². The van der Waals surface area contributed by atoms with Crippen molar-refractivity contribution < 1.29 is 19.1 Å². The first-order chi connectivity index (χ1) is 14.0. The molecule has 0 unspecified atom stereocenters. The van der Waals surface area contributed by atoms with Crippen molar-refractivity contribution in [2.24, 2.45) is 10.9 Å². The van der Waals surface area contributed by atoms with E-state index in [9.17, 15) is 9.59 Å². The predicted molar refractivity (Wildman–Crippen MR) is 112 cm³/mol. The Kier molecular flexibility index (Phi) is 6.34. The van der Waals surface area contributed by atoms with Crippen molar-refractivity contribution in [1.82, 2.24) is 0 Å². The Bertz CT molecular complexity index is 997. The zero-order valence-corrected chi connectivity index (χ0v) is 17.1. The van der Waals surface area contributed by atoms with Crippen LogP contribution in [0.5, 0.6) is 0 Å². The fourth-order valence-corrected chi connectivity index (χ4v) is 3.44. The van der Waals surface area contributed by atoms with Crippen LogP contribution in [0.4, 0.5) is 5.69 Å². The van der Waals surface area contributed by atoms with Gasteiger partial charge in [-0.15, -0.1) is 0 Å². The third kappa shape index (κ3) is 4.17. The predicted octanol–water partition coefficient (Wildman–Crippen LogP) is 3.84. The van der Waals surface area contributed by atoms with Gasteiger partial charge in [-0.3, -0.25) is 14.6 Å². The zero-order valence-electron chi connectivity index (χ0n) is 16.4. The summed E-state index contributed by atoms with van der Waals surface area (Å²) in [6.07, 6.45) is 0. The number of benzodiazepines with no additional fused rings is 1. The quantitative estimate of drug-likeness (QED) is 0.609. The maximum Gasteiger partial charge on any atom is 0.324 e. The number of anilines is 1. The molecule has 1 aliphatic heterocycles. The Morgan fingerprint density at radius 1 is 1.00 bits per heavy atom. The number of rotatable bonds is 4. The monoisotopic (exact) mass is 412 g/mol. The summed E-state index contributed by atoms with van der Waals surface area (Å²) in [6.45, 7) is 1.92. The minimum absolute atomic E-state index is 0.228. The van der Waals surface area contributed by atoms with E-state index in [0.29, 0.717) is 16.3 Å². The molecule has 150 valence electrons. The van der Waals surface area contributed by atoms with E-state index in [0.717, 1.165) is 22.5 Å². The Hall–Kier alpha value is -3.12. The SMILES string of the molecule is COC(=O)C(C(=O)OC)C(C)=C1CN=C(c2ccccc2Cl)c2ccccc2N1. The van der Waals surface area contributed by atoms with Crippen molar-refractivity contribution in [1.29, 1.82) is 0 Å². The molecule has 0 spiro atoms. The number of hydrogen-bond acceptors (Lipinski definition) is 6. The van der Waals surface area contributed by atoms with Crippen LogP contribution in [0.3, 0.4) is 0 Å². The summed E-state index contributed by atoms with van der Waals surface area (Å²) >= 11 is 6.41. The second kappa shape index (κ2) is 8.92. The Morgan fingerprint density at radius 3 is 2.21 bits per heavy atom. The lowest BCUT2D eigenvalue weighted by atomic mass is 9.98. The Morgan fingerprint density at radius 2 is 1.59 bits per heavy atom. The number of carbonyl (C=O) groups is 2. The second-order valence-electron chi connectivity index (χ2n) is 6.46. The molecule has 0 saturated carbocycles. The molecule has 6 nitrogen and oxygen atoms in total. The van der Waals surface area contributed by atoms with Gasteiger partial charge in [0.1, 0.15) is 0 Å². The topological polar surface area (TPSA) is 77.0 Å². The normalized spacial score (nSPS) is 14.9. The molecule has 2 aromatic rings. The number of ether oxygens (including phenoxy) is 2. The molecule has 1 aliphatic rings. The van der Waals surface area contributed by atoms with Crippen molar-refractivity contribution in [3.8, 4) is 0 Å². The molecule has 0 radical (unpaired) electrons. The van der Waals surface area contributed by atoms with Gasteiger partial charge in [0, 0.05) is 27.5 Å². The highest BCUT2D eigenvalue weighted by Crippen LogP contribution is 2.30. The summed E-state index contributed by atoms with van der Waals surface area (Å²) in [4.78, 5) is 29.2. The summed E-state index contributed by atoms with van der Waals surface area (Å²) in [5, 5.41) is 3.91. The van der Waals surface area contributed by atoms with E-state index in [-0.39, 0.29) is 6.54 Å². The van der Waals surface area contributed by atoms with E-state index in [1.807, 2.05) is 48.5 Å². The number of esters is 2. The fraction of sp³-hybridized carbons (Fsp3) is 0.227. The summed E-state index contributed by atoms with van der Waals surface area (Å²) in [5.41, 5.74) is 4.32. The van der Waals surface area contributed by atoms with Gasteiger partial charge in [0.05, 0.1) is 26.5 Å². The highest BCUT2D eigenvalue weighted by molar-refractivity contribution is 6.35. The minimum Gasteiger partial charge on any atom is -0.468 e. The van der Waals surface area contributed by atoms with Crippen LogP contribution in [-0.2, 0) is 19.1 Å². The van der Waals surface area contributed by atoms with E-state index in [1.165, 1.54) is 14.2 Å². The number of nitrogens with one attached hydrogen (secondary N) is 1. The number of para-hydroxylation sites is 1. The molecule has 0 atom stereocenters. The van der Waals surface area contributed by atoms with Gasteiger partial charge in [-0.2, -0.15) is 0 Å².